The van der Waals surface area contributed by atoms with Crippen molar-refractivity contribution in [3.05, 3.63) is 29.8 Å². The number of hydrogen-bond acceptors (Lipinski definition) is 4. The second-order valence-corrected chi connectivity index (χ2v) is 5.65. The number of ether oxygens (including phenoxy) is 1. The van der Waals surface area contributed by atoms with E-state index >= 15 is 0 Å². The summed E-state index contributed by atoms with van der Waals surface area (Å²) in [5.74, 6) is -0.0988. The number of aliphatic hydroxyl groups excluding tert-OH is 1. The van der Waals surface area contributed by atoms with E-state index in [1.165, 1.54) is 0 Å². The van der Waals surface area contributed by atoms with Gasteiger partial charge in [0.05, 0.1) is 25.4 Å². The Morgan fingerprint density at radius 3 is 2.52 bits per heavy atom. The second-order valence-electron chi connectivity index (χ2n) is 5.65. The van der Waals surface area contributed by atoms with Crippen LogP contribution in [0.3, 0.4) is 0 Å². The fraction of sp³-hybridized carbons (Fsp3) is 0.562. The zero-order chi connectivity index (χ0) is 15.8. The van der Waals surface area contributed by atoms with Gasteiger partial charge in [0.25, 0.3) is 0 Å². The maximum absolute atomic E-state index is 11.9. The van der Waals surface area contributed by atoms with Gasteiger partial charge in [-0.1, -0.05) is 17.7 Å². The van der Waals surface area contributed by atoms with Crippen LogP contribution in [-0.2, 0) is 9.53 Å². The van der Waals surface area contributed by atoms with Crippen LogP contribution in [0.2, 0.25) is 0 Å². The lowest BCUT2D eigenvalue weighted by molar-refractivity contribution is -0.117. The number of aliphatic hydroxyl groups is 1. The SMILES string of the molecule is Cc1ccc(NC(=O)CN(C)CC(O)COC(C)C)cc1. The van der Waals surface area contributed by atoms with Gasteiger partial charge < -0.3 is 15.2 Å². The molecule has 0 spiro atoms. The topological polar surface area (TPSA) is 61.8 Å². The third-order valence-electron chi connectivity index (χ3n) is 2.89. The van der Waals surface area contributed by atoms with E-state index in [0.717, 1.165) is 11.3 Å². The lowest BCUT2D eigenvalue weighted by Gasteiger charge is -2.20. The molecule has 1 amide bonds. The van der Waals surface area contributed by atoms with Crippen molar-refractivity contribution in [3.63, 3.8) is 0 Å². The third-order valence-corrected chi connectivity index (χ3v) is 2.89. The third kappa shape index (κ3) is 7.80. The number of anilines is 1. The summed E-state index contributed by atoms with van der Waals surface area (Å²) in [7, 11) is 1.80. The molecule has 1 aromatic carbocycles. The normalized spacial score (nSPS) is 12.7. The molecule has 0 bridgehead atoms. The van der Waals surface area contributed by atoms with Crippen molar-refractivity contribution in [1.29, 1.82) is 0 Å². The monoisotopic (exact) mass is 294 g/mol. The van der Waals surface area contributed by atoms with Gasteiger partial charge in [-0.2, -0.15) is 0 Å². The van der Waals surface area contributed by atoms with Crippen LogP contribution < -0.4 is 5.32 Å². The van der Waals surface area contributed by atoms with Crippen LogP contribution in [0.4, 0.5) is 5.69 Å². The number of amides is 1. The van der Waals surface area contributed by atoms with Gasteiger partial charge in [-0.15, -0.1) is 0 Å². The number of aryl methyl sites for hydroxylation is 1. The molecule has 1 atom stereocenters. The van der Waals surface area contributed by atoms with Crippen LogP contribution >= 0.6 is 0 Å². The Hall–Kier alpha value is -1.43. The largest absolute Gasteiger partial charge is 0.389 e. The highest BCUT2D eigenvalue weighted by atomic mass is 16.5. The average molecular weight is 294 g/mol. The number of rotatable bonds is 8. The number of nitrogens with one attached hydrogen (secondary N) is 1. The van der Waals surface area contributed by atoms with Crippen LogP contribution in [0.15, 0.2) is 24.3 Å². The van der Waals surface area contributed by atoms with Crippen LogP contribution in [0.5, 0.6) is 0 Å². The Labute approximate surface area is 126 Å². The van der Waals surface area contributed by atoms with Gasteiger partial charge in [-0.05, 0) is 40.0 Å². The van der Waals surface area contributed by atoms with E-state index in [1.807, 2.05) is 45.0 Å². The molecule has 0 aromatic heterocycles. The molecular formula is C16H26N2O3. The molecule has 0 saturated carbocycles. The maximum Gasteiger partial charge on any atom is 0.238 e. The molecule has 1 rings (SSSR count). The summed E-state index contributed by atoms with van der Waals surface area (Å²) in [6, 6.07) is 7.65. The van der Waals surface area contributed by atoms with Gasteiger partial charge in [-0.25, -0.2) is 0 Å². The van der Waals surface area contributed by atoms with Gasteiger partial charge in [0, 0.05) is 12.2 Å². The van der Waals surface area contributed by atoms with Crippen LogP contribution in [0, 0.1) is 6.92 Å². The fourth-order valence-corrected chi connectivity index (χ4v) is 1.86. The molecule has 0 heterocycles. The first kappa shape index (κ1) is 17.6. The van der Waals surface area contributed by atoms with Gasteiger partial charge in [0.15, 0.2) is 0 Å². The van der Waals surface area contributed by atoms with Crippen LogP contribution in [0.25, 0.3) is 0 Å². The molecule has 0 aliphatic carbocycles. The standard InChI is InChI=1S/C16H26N2O3/c1-12(2)21-11-15(19)9-18(4)10-16(20)17-14-7-5-13(3)6-8-14/h5-8,12,15,19H,9-11H2,1-4H3,(H,17,20). The minimum absolute atomic E-state index is 0.0924. The van der Waals surface area contributed by atoms with Crippen molar-refractivity contribution < 1.29 is 14.6 Å². The summed E-state index contributed by atoms with van der Waals surface area (Å²) in [4.78, 5) is 13.7. The summed E-state index contributed by atoms with van der Waals surface area (Å²) in [6.07, 6.45) is -0.501. The first-order valence-corrected chi connectivity index (χ1v) is 7.21. The lowest BCUT2D eigenvalue weighted by atomic mass is 10.2. The van der Waals surface area contributed by atoms with Crippen molar-refractivity contribution in [3.8, 4) is 0 Å². The van der Waals surface area contributed by atoms with E-state index in [2.05, 4.69) is 5.32 Å². The van der Waals surface area contributed by atoms with Crippen LogP contribution in [-0.4, -0.2) is 54.9 Å². The van der Waals surface area contributed by atoms with E-state index in [4.69, 9.17) is 4.74 Å². The zero-order valence-corrected chi connectivity index (χ0v) is 13.3. The van der Waals surface area contributed by atoms with Crippen molar-refractivity contribution >= 4 is 11.6 Å². The molecule has 1 unspecified atom stereocenters. The quantitative estimate of drug-likeness (QED) is 0.765. The maximum atomic E-state index is 11.9. The lowest BCUT2D eigenvalue weighted by Crippen LogP contribution is -2.37. The highest BCUT2D eigenvalue weighted by Gasteiger charge is 2.12. The van der Waals surface area contributed by atoms with Gasteiger partial charge in [-0.3, -0.25) is 9.69 Å². The zero-order valence-electron chi connectivity index (χ0n) is 13.3. The Bertz CT molecular complexity index is 432. The summed E-state index contributed by atoms with van der Waals surface area (Å²) in [5, 5.41) is 12.6. The summed E-state index contributed by atoms with van der Waals surface area (Å²) in [6.45, 7) is 6.75. The molecule has 0 radical (unpaired) electrons. The second kappa shape index (κ2) is 8.77. The molecule has 118 valence electrons. The summed E-state index contributed by atoms with van der Waals surface area (Å²) in [5.41, 5.74) is 1.93. The van der Waals surface area contributed by atoms with Crippen molar-refractivity contribution in [2.24, 2.45) is 0 Å². The Kier molecular flexibility index (Phi) is 7.36. The van der Waals surface area contributed by atoms with Gasteiger partial charge in [0.1, 0.15) is 0 Å². The molecule has 5 nitrogen and oxygen atoms in total. The van der Waals surface area contributed by atoms with Crippen LogP contribution in [0.1, 0.15) is 19.4 Å². The fourth-order valence-electron chi connectivity index (χ4n) is 1.86. The van der Waals surface area contributed by atoms with E-state index in [-0.39, 0.29) is 25.2 Å². The number of carbonyl (C=O) groups is 1. The van der Waals surface area contributed by atoms with E-state index in [9.17, 15) is 9.90 Å². The van der Waals surface area contributed by atoms with Gasteiger partial charge >= 0.3 is 0 Å². The molecule has 0 fully saturated rings. The smallest absolute Gasteiger partial charge is 0.238 e. The first-order valence-electron chi connectivity index (χ1n) is 7.21. The molecular weight excluding hydrogens is 268 g/mol. The predicted molar refractivity (Wildman–Crippen MR) is 84.4 cm³/mol. The summed E-state index contributed by atoms with van der Waals surface area (Å²) >= 11 is 0. The molecule has 1 aromatic rings. The predicted octanol–water partition coefficient (Wildman–Crippen LogP) is 1.65. The Morgan fingerprint density at radius 1 is 1.33 bits per heavy atom. The van der Waals surface area contributed by atoms with E-state index < -0.39 is 6.10 Å². The molecule has 5 heteroatoms. The molecule has 21 heavy (non-hydrogen) atoms. The minimum Gasteiger partial charge on any atom is -0.389 e. The molecule has 0 aliphatic rings. The summed E-state index contributed by atoms with van der Waals surface area (Å²) < 4.78 is 5.34. The number of carbonyl (C=O) groups excluding carboxylic acids is 1. The number of nitrogens with zero attached hydrogens (tertiary/aromatic N) is 1. The van der Waals surface area contributed by atoms with Crippen molar-refractivity contribution in [2.45, 2.75) is 33.0 Å². The minimum atomic E-state index is -0.593. The molecule has 2 N–H and O–H groups in total. The van der Waals surface area contributed by atoms with E-state index in [0.29, 0.717) is 6.54 Å². The number of likely N-dealkylation sites (N-methyl/N-ethyl adjacent to an activating group) is 1. The van der Waals surface area contributed by atoms with Crippen molar-refractivity contribution in [2.75, 3.05) is 32.1 Å². The Morgan fingerprint density at radius 2 is 1.95 bits per heavy atom. The first-order chi connectivity index (χ1) is 9.86. The molecule has 0 aliphatic heterocycles. The highest BCUT2D eigenvalue weighted by molar-refractivity contribution is 5.92. The van der Waals surface area contributed by atoms with E-state index in [1.54, 1.807) is 11.9 Å². The van der Waals surface area contributed by atoms with Gasteiger partial charge in [0.2, 0.25) is 5.91 Å². The highest BCUT2D eigenvalue weighted by Crippen LogP contribution is 2.08. The Balaban J connectivity index is 2.31. The average Bonchev–Trinajstić information content (AvgIpc) is 2.38. The van der Waals surface area contributed by atoms with Crippen molar-refractivity contribution in [1.82, 2.24) is 4.90 Å². The number of benzene rings is 1. The number of hydrogen-bond donors (Lipinski definition) is 2. The molecule has 0 saturated heterocycles.